The smallest absolute Gasteiger partial charge is 0.393 e. The Morgan fingerprint density at radius 2 is 1.50 bits per heavy atom. The summed E-state index contributed by atoms with van der Waals surface area (Å²) < 4.78 is 20.7. The zero-order valence-electron chi connectivity index (χ0n) is 7.79. The van der Waals surface area contributed by atoms with Crippen LogP contribution in [0.2, 0.25) is 0 Å². The second kappa shape index (κ2) is 8.08. The summed E-state index contributed by atoms with van der Waals surface area (Å²) in [6.45, 7) is -0.192. The van der Waals surface area contributed by atoms with Crippen LogP contribution in [-0.4, -0.2) is 42.7 Å². The fourth-order valence-corrected chi connectivity index (χ4v) is 1.57. The Kier molecular flexibility index (Phi) is 7.93. The maximum absolute atomic E-state index is 11.4. The van der Waals surface area contributed by atoms with Gasteiger partial charge in [0.15, 0.2) is 0 Å². The molecule has 84 valence electrons. The standard InChI is InChI=1S/C7H15O6P/c8-3-1-5-12-14(11,7-10)13-6-2-4-9/h7-9H,1-6H2. The van der Waals surface area contributed by atoms with E-state index in [2.05, 4.69) is 9.05 Å². The van der Waals surface area contributed by atoms with Gasteiger partial charge in [-0.3, -0.25) is 9.36 Å². The Morgan fingerprint density at radius 3 is 1.79 bits per heavy atom. The van der Waals surface area contributed by atoms with Crippen LogP contribution in [0.4, 0.5) is 0 Å². The highest BCUT2D eigenvalue weighted by molar-refractivity contribution is 7.69. The van der Waals surface area contributed by atoms with Crippen LogP contribution in [0.5, 0.6) is 0 Å². The molecule has 0 spiro atoms. The first-order valence-corrected chi connectivity index (χ1v) is 5.86. The van der Waals surface area contributed by atoms with E-state index in [1.807, 2.05) is 0 Å². The Hall–Kier alpha value is -0.260. The quantitative estimate of drug-likeness (QED) is 0.330. The van der Waals surface area contributed by atoms with Gasteiger partial charge in [-0.25, -0.2) is 0 Å². The molecule has 0 bridgehead atoms. The monoisotopic (exact) mass is 226 g/mol. The summed E-state index contributed by atoms with van der Waals surface area (Å²) in [5.41, 5.74) is 0. The third kappa shape index (κ3) is 6.23. The van der Waals surface area contributed by atoms with E-state index in [0.717, 1.165) is 0 Å². The Labute approximate surface area is 82.4 Å². The summed E-state index contributed by atoms with van der Waals surface area (Å²) in [6, 6.07) is 0.127. The fourth-order valence-electron chi connectivity index (χ4n) is 0.611. The summed E-state index contributed by atoms with van der Waals surface area (Å²) >= 11 is 0. The maximum atomic E-state index is 11.4. The lowest BCUT2D eigenvalue weighted by molar-refractivity contribution is 0.179. The van der Waals surface area contributed by atoms with Gasteiger partial charge in [0.2, 0.25) is 6.03 Å². The predicted molar refractivity (Wildman–Crippen MR) is 49.7 cm³/mol. The molecule has 0 aromatic heterocycles. The van der Waals surface area contributed by atoms with Gasteiger partial charge in [0.1, 0.15) is 0 Å². The highest BCUT2D eigenvalue weighted by atomic mass is 31.2. The van der Waals surface area contributed by atoms with Crippen molar-refractivity contribution in [1.82, 2.24) is 0 Å². The number of aliphatic hydroxyl groups excluding tert-OH is 2. The summed E-state index contributed by atoms with van der Waals surface area (Å²) in [4.78, 5) is 10.4. The molecular weight excluding hydrogens is 211 g/mol. The van der Waals surface area contributed by atoms with Gasteiger partial charge >= 0.3 is 7.60 Å². The lowest BCUT2D eigenvalue weighted by Crippen LogP contribution is -2.02. The van der Waals surface area contributed by atoms with Crippen LogP contribution in [0.15, 0.2) is 0 Å². The van der Waals surface area contributed by atoms with Crippen molar-refractivity contribution in [2.24, 2.45) is 0 Å². The van der Waals surface area contributed by atoms with Crippen molar-refractivity contribution in [2.75, 3.05) is 26.4 Å². The molecule has 7 heteroatoms. The van der Waals surface area contributed by atoms with E-state index < -0.39 is 7.60 Å². The molecule has 0 aliphatic heterocycles. The SMILES string of the molecule is O=CP(=O)(OCCCO)OCCCO. The minimum atomic E-state index is -3.66. The molecule has 0 aliphatic rings. The molecule has 0 radical (unpaired) electrons. The number of aliphatic hydroxyl groups is 2. The first-order chi connectivity index (χ1) is 6.68. The normalized spacial score (nSPS) is 11.6. The van der Waals surface area contributed by atoms with E-state index in [-0.39, 0.29) is 32.5 Å². The van der Waals surface area contributed by atoms with Crippen LogP contribution in [0.1, 0.15) is 12.8 Å². The second-order valence-electron chi connectivity index (χ2n) is 2.47. The van der Waals surface area contributed by atoms with Crippen LogP contribution in [0, 0.1) is 0 Å². The molecule has 6 nitrogen and oxygen atoms in total. The van der Waals surface area contributed by atoms with Crippen molar-refractivity contribution in [2.45, 2.75) is 12.8 Å². The first-order valence-electron chi connectivity index (χ1n) is 4.25. The molecule has 0 rings (SSSR count). The van der Waals surface area contributed by atoms with Crippen molar-refractivity contribution < 1.29 is 28.6 Å². The molecule has 0 unspecified atom stereocenters. The Bertz CT molecular complexity index is 181. The highest BCUT2D eigenvalue weighted by Crippen LogP contribution is 2.44. The molecule has 2 N–H and O–H groups in total. The average Bonchev–Trinajstić information content (AvgIpc) is 2.19. The number of hydrogen-bond donors (Lipinski definition) is 2. The Balaban J connectivity index is 3.80. The van der Waals surface area contributed by atoms with E-state index in [9.17, 15) is 9.36 Å². The van der Waals surface area contributed by atoms with Crippen molar-refractivity contribution >= 4 is 13.6 Å². The van der Waals surface area contributed by atoms with Crippen molar-refractivity contribution in [3.63, 3.8) is 0 Å². The van der Waals surface area contributed by atoms with Crippen LogP contribution in [0.25, 0.3) is 0 Å². The van der Waals surface area contributed by atoms with Gasteiger partial charge < -0.3 is 19.3 Å². The fraction of sp³-hybridized carbons (Fsp3) is 0.857. The molecule has 0 fully saturated rings. The van der Waals surface area contributed by atoms with Crippen molar-refractivity contribution in [1.29, 1.82) is 0 Å². The third-order valence-electron chi connectivity index (χ3n) is 1.28. The van der Waals surface area contributed by atoms with Crippen LogP contribution in [-0.2, 0) is 18.4 Å². The van der Waals surface area contributed by atoms with Gasteiger partial charge in [-0.15, -0.1) is 0 Å². The lowest BCUT2D eigenvalue weighted by Gasteiger charge is -2.11. The van der Waals surface area contributed by atoms with Gasteiger partial charge in [-0.1, -0.05) is 0 Å². The van der Waals surface area contributed by atoms with E-state index in [1.54, 1.807) is 0 Å². The molecule has 0 atom stereocenters. The zero-order chi connectivity index (χ0) is 10.9. The third-order valence-corrected chi connectivity index (χ3v) is 2.62. The molecule has 0 saturated heterocycles. The predicted octanol–water partition coefficient (Wildman–Crippen LogP) is 0.168. The summed E-state index contributed by atoms with van der Waals surface area (Å²) in [5.74, 6) is 0. The number of carbonyl (C=O) groups excluding carboxylic acids is 1. The number of carbonyl (C=O) groups is 1. The second-order valence-corrected chi connectivity index (χ2v) is 4.27. The first kappa shape index (κ1) is 13.7. The van der Waals surface area contributed by atoms with E-state index in [4.69, 9.17) is 10.2 Å². The topological polar surface area (TPSA) is 93.1 Å². The van der Waals surface area contributed by atoms with Crippen LogP contribution in [0.3, 0.4) is 0 Å². The summed E-state index contributed by atoms with van der Waals surface area (Å²) in [7, 11) is -3.66. The lowest BCUT2D eigenvalue weighted by atomic mass is 10.5. The molecular formula is C7H15O6P. The molecule has 0 heterocycles. The average molecular weight is 226 g/mol. The maximum Gasteiger partial charge on any atom is 0.393 e. The van der Waals surface area contributed by atoms with Crippen LogP contribution < -0.4 is 0 Å². The van der Waals surface area contributed by atoms with E-state index in [1.165, 1.54) is 0 Å². The van der Waals surface area contributed by atoms with E-state index in [0.29, 0.717) is 12.8 Å². The number of hydrogen-bond acceptors (Lipinski definition) is 6. The largest absolute Gasteiger partial charge is 0.396 e. The van der Waals surface area contributed by atoms with Gasteiger partial charge in [0.05, 0.1) is 13.2 Å². The Morgan fingerprint density at radius 1 is 1.07 bits per heavy atom. The van der Waals surface area contributed by atoms with Crippen LogP contribution >= 0.6 is 7.60 Å². The molecule has 14 heavy (non-hydrogen) atoms. The zero-order valence-corrected chi connectivity index (χ0v) is 8.69. The summed E-state index contributed by atoms with van der Waals surface area (Å²) in [5, 5.41) is 16.8. The molecule has 0 aliphatic carbocycles. The molecule has 0 amide bonds. The highest BCUT2D eigenvalue weighted by Gasteiger charge is 2.22. The molecule has 0 aromatic rings. The van der Waals surface area contributed by atoms with E-state index >= 15 is 0 Å². The minimum absolute atomic E-state index is 0.00560. The van der Waals surface area contributed by atoms with Gasteiger partial charge in [-0.2, -0.15) is 0 Å². The minimum Gasteiger partial charge on any atom is -0.396 e. The van der Waals surface area contributed by atoms with Gasteiger partial charge in [0, 0.05) is 13.2 Å². The number of rotatable bonds is 9. The van der Waals surface area contributed by atoms with Gasteiger partial charge in [-0.05, 0) is 12.8 Å². The van der Waals surface area contributed by atoms with Crippen molar-refractivity contribution in [3.8, 4) is 0 Å². The summed E-state index contributed by atoms with van der Waals surface area (Å²) in [6.07, 6.45) is 0.586. The molecule has 0 aromatic carbocycles. The van der Waals surface area contributed by atoms with Gasteiger partial charge in [0.25, 0.3) is 0 Å². The van der Waals surface area contributed by atoms with Crippen molar-refractivity contribution in [3.05, 3.63) is 0 Å². The molecule has 0 saturated carbocycles.